The first-order valence-corrected chi connectivity index (χ1v) is 11.5. The van der Waals surface area contributed by atoms with Gasteiger partial charge < -0.3 is 23.5 Å². The second-order valence-corrected chi connectivity index (χ2v) is 8.56. The van der Waals surface area contributed by atoms with Crippen LogP contribution in [0.3, 0.4) is 0 Å². The molecule has 0 amide bonds. The minimum atomic E-state index is -5.02. The van der Waals surface area contributed by atoms with Gasteiger partial charge in [0.25, 0.3) is 5.89 Å². The van der Waals surface area contributed by atoms with E-state index in [-0.39, 0.29) is 46.3 Å². The van der Waals surface area contributed by atoms with Crippen molar-refractivity contribution in [2.75, 3.05) is 7.11 Å². The molecule has 8 nitrogen and oxygen atoms in total. The van der Waals surface area contributed by atoms with Gasteiger partial charge >= 0.3 is 12.4 Å². The lowest BCUT2D eigenvalue weighted by atomic mass is 10.0. The molecule has 2 heterocycles. The average molecular weight is 578 g/mol. The number of methoxy groups -OCH3 is 1. The van der Waals surface area contributed by atoms with E-state index < -0.39 is 46.0 Å². The maximum absolute atomic E-state index is 13.9. The first kappa shape index (κ1) is 27.6. The van der Waals surface area contributed by atoms with Gasteiger partial charge in [0.2, 0.25) is 17.0 Å². The Labute approximate surface area is 225 Å². The Hall–Kier alpha value is -5.01. The van der Waals surface area contributed by atoms with E-state index in [1.54, 1.807) is 0 Å². The SMILES string of the molecule is COc1ccc(-c2nc(COc3ccc4c(=O)c(-c5ccc(O)cc5)c(C(F)(F)F)oc4c3)no2)cc1C(F)(F)F. The summed E-state index contributed by atoms with van der Waals surface area (Å²) in [5.41, 5.74) is -3.25. The fraction of sp³-hybridized carbons (Fsp3) is 0.148. The second kappa shape index (κ2) is 10.2. The molecule has 212 valence electrons. The fourth-order valence-electron chi connectivity index (χ4n) is 3.99. The van der Waals surface area contributed by atoms with Crippen LogP contribution >= 0.6 is 0 Å². The first-order chi connectivity index (χ1) is 19.3. The van der Waals surface area contributed by atoms with Crippen molar-refractivity contribution in [2.24, 2.45) is 0 Å². The van der Waals surface area contributed by atoms with Gasteiger partial charge in [-0.3, -0.25) is 4.79 Å². The lowest BCUT2D eigenvalue weighted by Gasteiger charge is -2.13. The highest BCUT2D eigenvalue weighted by Crippen LogP contribution is 2.39. The Morgan fingerprint density at radius 1 is 0.902 bits per heavy atom. The third kappa shape index (κ3) is 5.53. The van der Waals surface area contributed by atoms with Crippen LogP contribution in [0.5, 0.6) is 17.2 Å². The number of phenolic OH excluding ortho intramolecular Hbond substituents is 1. The normalized spacial score (nSPS) is 12.1. The zero-order valence-corrected chi connectivity index (χ0v) is 20.6. The number of nitrogens with zero attached hydrogens (tertiary/aromatic N) is 2. The third-order valence-electron chi connectivity index (χ3n) is 5.87. The minimum absolute atomic E-state index is 0.0127. The second-order valence-electron chi connectivity index (χ2n) is 8.56. The molecule has 3 aromatic carbocycles. The summed E-state index contributed by atoms with van der Waals surface area (Å²) in [5.74, 6) is -2.45. The standard InChI is InChI=1S/C27H16F6N2O6/c1-38-19-9-4-14(10-18(19)26(28,29)30)25-34-21(35-41-25)12-39-16-7-8-17-20(11-16)40-24(27(31,32)33)22(23(17)37)13-2-5-15(36)6-3-13/h2-11,36H,12H2,1H3. The quantitative estimate of drug-likeness (QED) is 0.218. The van der Waals surface area contributed by atoms with Gasteiger partial charge in [0.05, 0.1) is 23.6 Å². The zero-order chi connectivity index (χ0) is 29.5. The summed E-state index contributed by atoms with van der Waals surface area (Å²) in [6, 6.07) is 11.4. The molecule has 0 fully saturated rings. The number of alkyl halides is 6. The van der Waals surface area contributed by atoms with Crippen molar-refractivity contribution >= 4 is 11.0 Å². The lowest BCUT2D eigenvalue weighted by molar-refractivity contribution is -0.152. The summed E-state index contributed by atoms with van der Waals surface area (Å²) in [4.78, 5) is 17.1. The van der Waals surface area contributed by atoms with Gasteiger partial charge in [-0.2, -0.15) is 31.3 Å². The predicted molar refractivity (Wildman–Crippen MR) is 130 cm³/mol. The monoisotopic (exact) mass is 578 g/mol. The van der Waals surface area contributed by atoms with Gasteiger partial charge in [0.1, 0.15) is 22.8 Å². The number of aromatic nitrogens is 2. The van der Waals surface area contributed by atoms with Gasteiger partial charge in [0, 0.05) is 11.6 Å². The van der Waals surface area contributed by atoms with Crippen LogP contribution in [0, 0.1) is 0 Å². The number of hydrogen-bond acceptors (Lipinski definition) is 8. The molecule has 0 bridgehead atoms. The smallest absolute Gasteiger partial charge is 0.450 e. The Kier molecular flexibility index (Phi) is 6.85. The third-order valence-corrected chi connectivity index (χ3v) is 5.87. The summed E-state index contributed by atoms with van der Waals surface area (Å²) in [6.07, 6.45) is -9.72. The van der Waals surface area contributed by atoms with E-state index in [0.29, 0.717) is 0 Å². The van der Waals surface area contributed by atoms with Crippen LogP contribution in [0.2, 0.25) is 0 Å². The number of fused-ring (bicyclic) bond motifs is 1. The molecule has 0 radical (unpaired) electrons. The molecule has 0 aliphatic rings. The van der Waals surface area contributed by atoms with Crippen LogP contribution in [0.1, 0.15) is 17.1 Å². The molecule has 14 heteroatoms. The summed E-state index contributed by atoms with van der Waals surface area (Å²) >= 11 is 0. The topological polar surface area (TPSA) is 108 Å². The lowest BCUT2D eigenvalue weighted by Crippen LogP contribution is -2.16. The summed E-state index contributed by atoms with van der Waals surface area (Å²) in [7, 11) is 1.10. The molecule has 0 saturated carbocycles. The Morgan fingerprint density at radius 3 is 2.27 bits per heavy atom. The van der Waals surface area contributed by atoms with Crippen molar-refractivity contribution in [3.8, 4) is 39.8 Å². The van der Waals surface area contributed by atoms with Crippen molar-refractivity contribution in [2.45, 2.75) is 19.0 Å². The van der Waals surface area contributed by atoms with E-state index in [9.17, 15) is 36.2 Å². The van der Waals surface area contributed by atoms with Crippen LogP contribution in [0.4, 0.5) is 26.3 Å². The van der Waals surface area contributed by atoms with Crippen molar-refractivity contribution in [3.05, 3.63) is 88.0 Å². The Bertz CT molecular complexity index is 1790. The van der Waals surface area contributed by atoms with Crippen molar-refractivity contribution in [1.82, 2.24) is 10.1 Å². The first-order valence-electron chi connectivity index (χ1n) is 11.5. The van der Waals surface area contributed by atoms with Crippen LogP contribution in [0.25, 0.3) is 33.6 Å². The van der Waals surface area contributed by atoms with Crippen LogP contribution < -0.4 is 14.9 Å². The van der Waals surface area contributed by atoms with E-state index in [1.165, 1.54) is 18.2 Å². The number of rotatable bonds is 6. The van der Waals surface area contributed by atoms with Gasteiger partial charge in [-0.15, -0.1) is 0 Å². The molecule has 0 unspecified atom stereocenters. The Morgan fingerprint density at radius 2 is 1.61 bits per heavy atom. The largest absolute Gasteiger partial charge is 0.508 e. The van der Waals surface area contributed by atoms with Crippen LogP contribution in [-0.4, -0.2) is 22.4 Å². The number of benzene rings is 3. The highest BCUT2D eigenvalue weighted by Gasteiger charge is 2.39. The zero-order valence-electron chi connectivity index (χ0n) is 20.6. The summed E-state index contributed by atoms with van der Waals surface area (Å²) in [5, 5.41) is 13.0. The van der Waals surface area contributed by atoms with Gasteiger partial charge in [-0.1, -0.05) is 17.3 Å². The fourth-order valence-corrected chi connectivity index (χ4v) is 3.99. The molecule has 0 atom stereocenters. The molecular weight excluding hydrogens is 562 g/mol. The van der Waals surface area contributed by atoms with E-state index in [1.807, 2.05) is 0 Å². The average Bonchev–Trinajstić information content (AvgIpc) is 3.40. The molecular formula is C27H16F6N2O6. The molecule has 0 aliphatic carbocycles. The highest BCUT2D eigenvalue weighted by atomic mass is 19.4. The molecule has 0 spiro atoms. The number of aromatic hydroxyl groups is 1. The highest BCUT2D eigenvalue weighted by molar-refractivity contribution is 5.84. The maximum Gasteiger partial charge on any atom is 0.450 e. The van der Waals surface area contributed by atoms with Crippen LogP contribution in [-0.2, 0) is 19.0 Å². The van der Waals surface area contributed by atoms with Gasteiger partial charge in [-0.05, 0) is 48.0 Å². The number of ether oxygens (including phenoxy) is 2. The molecule has 0 aliphatic heterocycles. The summed E-state index contributed by atoms with van der Waals surface area (Å²) in [6.45, 7) is -0.376. The number of halogens is 6. The minimum Gasteiger partial charge on any atom is -0.508 e. The number of phenols is 1. The maximum atomic E-state index is 13.9. The van der Waals surface area contributed by atoms with Crippen molar-refractivity contribution in [1.29, 1.82) is 0 Å². The summed E-state index contributed by atoms with van der Waals surface area (Å²) < 4.78 is 102. The molecule has 0 saturated heterocycles. The van der Waals surface area contributed by atoms with Gasteiger partial charge in [-0.25, -0.2) is 0 Å². The predicted octanol–water partition coefficient (Wildman–Crippen LogP) is 6.84. The van der Waals surface area contributed by atoms with Crippen molar-refractivity contribution < 1.29 is 49.9 Å². The van der Waals surface area contributed by atoms with E-state index >= 15 is 0 Å². The molecule has 1 N–H and O–H groups in total. The Balaban J connectivity index is 1.42. The van der Waals surface area contributed by atoms with Crippen molar-refractivity contribution in [3.63, 3.8) is 0 Å². The molecule has 41 heavy (non-hydrogen) atoms. The van der Waals surface area contributed by atoms with Crippen LogP contribution in [0.15, 0.2) is 74.4 Å². The molecule has 5 aromatic rings. The van der Waals surface area contributed by atoms with E-state index in [4.69, 9.17) is 18.4 Å². The van der Waals surface area contributed by atoms with E-state index in [2.05, 4.69) is 10.1 Å². The number of hydrogen-bond donors (Lipinski definition) is 1. The van der Waals surface area contributed by atoms with E-state index in [0.717, 1.165) is 49.6 Å². The molecule has 5 rings (SSSR count). The molecule has 2 aromatic heterocycles. The van der Waals surface area contributed by atoms with Gasteiger partial charge in [0.15, 0.2) is 6.61 Å².